The molecule has 0 heterocycles. The zero-order chi connectivity index (χ0) is 17.2. The van der Waals surface area contributed by atoms with E-state index in [2.05, 4.69) is 46.4 Å². The second kappa shape index (κ2) is 6.97. The lowest BCUT2D eigenvalue weighted by Gasteiger charge is -2.42. The van der Waals surface area contributed by atoms with E-state index in [9.17, 15) is 8.42 Å². The minimum Gasteiger partial charge on any atom is -0.296 e. The summed E-state index contributed by atoms with van der Waals surface area (Å²) in [5.41, 5.74) is -0.219. The summed E-state index contributed by atoms with van der Waals surface area (Å²) in [6, 6.07) is 0.777. The van der Waals surface area contributed by atoms with Crippen LogP contribution in [-0.4, -0.2) is 54.6 Å². The predicted octanol–water partition coefficient (Wildman–Crippen LogP) is 3.19. The first kappa shape index (κ1) is 20.9. The van der Waals surface area contributed by atoms with Crippen LogP contribution < -0.4 is 0 Å². The van der Waals surface area contributed by atoms with Gasteiger partial charge in [0.05, 0.1) is 6.26 Å². The van der Waals surface area contributed by atoms with Gasteiger partial charge >= 0.3 is 0 Å². The van der Waals surface area contributed by atoms with E-state index in [0.29, 0.717) is 18.6 Å². The van der Waals surface area contributed by atoms with E-state index in [1.54, 1.807) is 4.31 Å². The van der Waals surface area contributed by atoms with Gasteiger partial charge in [-0.3, -0.25) is 4.90 Å². The third-order valence-electron chi connectivity index (χ3n) is 4.12. The minimum atomic E-state index is -3.20. The van der Waals surface area contributed by atoms with Crippen molar-refractivity contribution < 1.29 is 8.42 Å². The molecular weight excluding hydrogens is 284 g/mol. The van der Waals surface area contributed by atoms with Crippen LogP contribution in [0.25, 0.3) is 0 Å². The van der Waals surface area contributed by atoms with Crippen LogP contribution in [0.4, 0.5) is 0 Å². The molecule has 0 aliphatic carbocycles. The molecule has 128 valence electrons. The molecule has 0 N–H and O–H groups in total. The Balaban J connectivity index is 5.14. The molecule has 0 aliphatic rings. The number of nitrogens with zero attached hydrogens (tertiary/aromatic N) is 2. The molecule has 0 radical (unpaired) electrons. The summed E-state index contributed by atoms with van der Waals surface area (Å²) in [6.45, 7) is 20.4. The molecule has 0 aromatic carbocycles. The third kappa shape index (κ3) is 6.66. The second-order valence-electron chi connectivity index (χ2n) is 8.38. The van der Waals surface area contributed by atoms with Gasteiger partial charge in [0.15, 0.2) is 0 Å². The summed E-state index contributed by atoms with van der Waals surface area (Å²) in [5.74, 6) is 0. The molecule has 1 atom stereocenters. The molecule has 0 saturated carbocycles. The van der Waals surface area contributed by atoms with Gasteiger partial charge in [0.2, 0.25) is 10.0 Å². The van der Waals surface area contributed by atoms with Crippen molar-refractivity contribution in [3.63, 3.8) is 0 Å². The largest absolute Gasteiger partial charge is 0.296 e. The van der Waals surface area contributed by atoms with E-state index < -0.39 is 10.0 Å². The van der Waals surface area contributed by atoms with Crippen LogP contribution in [0.15, 0.2) is 0 Å². The molecule has 0 aliphatic heterocycles. The van der Waals surface area contributed by atoms with E-state index >= 15 is 0 Å². The fourth-order valence-corrected chi connectivity index (χ4v) is 4.01. The van der Waals surface area contributed by atoms with Crippen LogP contribution in [0.3, 0.4) is 0 Å². The monoisotopic (exact) mass is 320 g/mol. The third-order valence-corrected chi connectivity index (χ3v) is 5.65. The first-order chi connectivity index (χ1) is 9.08. The van der Waals surface area contributed by atoms with Crippen LogP contribution in [0.2, 0.25) is 0 Å². The van der Waals surface area contributed by atoms with Gasteiger partial charge < -0.3 is 0 Å². The maximum Gasteiger partial charge on any atom is 0.211 e. The van der Waals surface area contributed by atoms with Gasteiger partial charge in [-0.25, -0.2) is 8.42 Å². The maximum absolute atomic E-state index is 12.0. The Morgan fingerprint density at radius 1 is 0.905 bits per heavy atom. The molecule has 21 heavy (non-hydrogen) atoms. The normalized spacial score (nSPS) is 16.0. The molecule has 4 nitrogen and oxygen atoms in total. The summed E-state index contributed by atoms with van der Waals surface area (Å²) >= 11 is 0. The van der Waals surface area contributed by atoms with E-state index in [4.69, 9.17) is 0 Å². The van der Waals surface area contributed by atoms with Gasteiger partial charge in [0.25, 0.3) is 0 Å². The fourth-order valence-electron chi connectivity index (χ4n) is 2.60. The van der Waals surface area contributed by atoms with Crippen molar-refractivity contribution in [3.8, 4) is 0 Å². The smallest absolute Gasteiger partial charge is 0.211 e. The summed E-state index contributed by atoms with van der Waals surface area (Å²) < 4.78 is 25.7. The average molecular weight is 321 g/mol. The summed E-state index contributed by atoms with van der Waals surface area (Å²) in [5, 5.41) is 0. The van der Waals surface area contributed by atoms with Crippen LogP contribution in [0.1, 0.15) is 62.3 Å². The number of hydrogen-bond acceptors (Lipinski definition) is 3. The first-order valence-corrected chi connectivity index (χ1v) is 9.67. The van der Waals surface area contributed by atoms with Crippen molar-refractivity contribution in [2.45, 2.75) is 79.9 Å². The Morgan fingerprint density at radius 3 is 1.57 bits per heavy atom. The molecule has 0 spiro atoms. The minimum absolute atomic E-state index is 0.169. The summed E-state index contributed by atoms with van der Waals surface area (Å²) in [7, 11) is -3.20. The lowest BCUT2D eigenvalue weighted by Crippen LogP contribution is -2.52. The highest BCUT2D eigenvalue weighted by molar-refractivity contribution is 7.88. The van der Waals surface area contributed by atoms with Gasteiger partial charge in [-0.05, 0) is 47.0 Å². The molecule has 5 heteroatoms. The van der Waals surface area contributed by atoms with Gasteiger partial charge in [-0.2, -0.15) is 4.31 Å². The van der Waals surface area contributed by atoms with E-state index in [0.717, 1.165) is 6.54 Å². The van der Waals surface area contributed by atoms with Crippen LogP contribution in [0.5, 0.6) is 0 Å². The Hall–Kier alpha value is -0.130. The number of hydrogen-bond donors (Lipinski definition) is 0. The molecule has 0 amide bonds. The molecule has 1 unspecified atom stereocenters. The Kier molecular flexibility index (Phi) is 6.92. The topological polar surface area (TPSA) is 40.6 Å². The first-order valence-electron chi connectivity index (χ1n) is 7.82. The number of sulfonamides is 1. The quantitative estimate of drug-likeness (QED) is 0.754. The summed E-state index contributed by atoms with van der Waals surface area (Å²) in [6.07, 6.45) is 1.30. The molecule has 0 aromatic heterocycles. The van der Waals surface area contributed by atoms with Crippen LogP contribution >= 0.6 is 0 Å². The molecule has 0 fully saturated rings. The lowest BCUT2D eigenvalue weighted by atomic mass is 9.86. The zero-order valence-corrected chi connectivity index (χ0v) is 16.5. The standard InChI is InChI=1S/C16H36N2O2S/c1-13(2)17(14(3)15(4,5)6)11-12-18(16(7,8)9)21(10,19)20/h13-14H,11-12H2,1-10H3. The van der Waals surface area contributed by atoms with Crippen LogP contribution in [0, 0.1) is 5.41 Å². The predicted molar refractivity (Wildman–Crippen MR) is 92.1 cm³/mol. The lowest BCUT2D eigenvalue weighted by molar-refractivity contribution is 0.0721. The molecule has 0 bridgehead atoms. The van der Waals surface area contributed by atoms with Crippen molar-refractivity contribution in [2.75, 3.05) is 19.3 Å². The van der Waals surface area contributed by atoms with Crippen molar-refractivity contribution >= 4 is 10.0 Å². The molecule has 0 aromatic rings. The average Bonchev–Trinajstić information content (AvgIpc) is 2.17. The second-order valence-corrected chi connectivity index (χ2v) is 10.3. The fraction of sp³-hybridized carbons (Fsp3) is 1.00. The highest BCUT2D eigenvalue weighted by atomic mass is 32.2. The maximum atomic E-state index is 12.0. The molecular formula is C16H36N2O2S. The van der Waals surface area contributed by atoms with E-state index in [-0.39, 0.29) is 11.0 Å². The highest BCUT2D eigenvalue weighted by Gasteiger charge is 2.32. The van der Waals surface area contributed by atoms with E-state index in [1.807, 2.05) is 20.8 Å². The van der Waals surface area contributed by atoms with Crippen LogP contribution in [-0.2, 0) is 10.0 Å². The molecule has 0 rings (SSSR count). The molecule has 0 saturated heterocycles. The van der Waals surface area contributed by atoms with Crippen molar-refractivity contribution in [1.29, 1.82) is 0 Å². The SMILES string of the molecule is CC(C)N(CCN(C(C)(C)C)S(C)(=O)=O)C(C)C(C)(C)C. The highest BCUT2D eigenvalue weighted by Crippen LogP contribution is 2.26. The van der Waals surface area contributed by atoms with Crippen molar-refractivity contribution in [2.24, 2.45) is 5.41 Å². The Morgan fingerprint density at radius 2 is 1.33 bits per heavy atom. The van der Waals surface area contributed by atoms with Crippen molar-refractivity contribution in [3.05, 3.63) is 0 Å². The van der Waals surface area contributed by atoms with Gasteiger partial charge in [-0.15, -0.1) is 0 Å². The summed E-state index contributed by atoms with van der Waals surface area (Å²) in [4.78, 5) is 2.39. The van der Waals surface area contributed by atoms with E-state index in [1.165, 1.54) is 6.26 Å². The van der Waals surface area contributed by atoms with Gasteiger partial charge in [0.1, 0.15) is 0 Å². The van der Waals surface area contributed by atoms with Gasteiger partial charge in [0, 0.05) is 30.7 Å². The Labute approximate surface area is 132 Å². The Bertz CT molecular complexity index is 417. The zero-order valence-electron chi connectivity index (χ0n) is 15.7. The van der Waals surface area contributed by atoms with Gasteiger partial charge in [-0.1, -0.05) is 20.8 Å². The number of rotatable bonds is 6. The van der Waals surface area contributed by atoms with Crippen molar-refractivity contribution in [1.82, 2.24) is 9.21 Å².